The molecule has 0 saturated heterocycles. The summed E-state index contributed by atoms with van der Waals surface area (Å²) >= 11 is 1.49. The molecule has 2 amide bonds. The van der Waals surface area contributed by atoms with Crippen molar-refractivity contribution in [3.05, 3.63) is 78.4 Å². The second-order valence-electron chi connectivity index (χ2n) is 9.00. The van der Waals surface area contributed by atoms with Gasteiger partial charge in [-0.1, -0.05) is 31.2 Å². The molecule has 0 aromatic heterocycles. The number of likely N-dealkylation sites (N-methyl/N-ethyl adjacent to an activating group) is 1. The molecule has 0 fully saturated rings. The lowest BCUT2D eigenvalue weighted by Crippen LogP contribution is -2.51. The Labute approximate surface area is 246 Å². The van der Waals surface area contributed by atoms with Crippen molar-refractivity contribution in [2.75, 3.05) is 37.9 Å². The summed E-state index contributed by atoms with van der Waals surface area (Å²) in [6.07, 6.45) is 2.23. The van der Waals surface area contributed by atoms with Crippen LogP contribution in [-0.2, 0) is 26.2 Å². The summed E-state index contributed by atoms with van der Waals surface area (Å²) < 4.78 is 40.4. The number of carbonyl (C=O) groups is 2. The van der Waals surface area contributed by atoms with E-state index in [1.807, 2.05) is 12.3 Å². The van der Waals surface area contributed by atoms with Gasteiger partial charge in [0.15, 0.2) is 0 Å². The number of methoxy groups -OCH3 is 1. The molecule has 0 saturated carbocycles. The van der Waals surface area contributed by atoms with E-state index in [0.717, 1.165) is 14.8 Å². The van der Waals surface area contributed by atoms with Crippen LogP contribution >= 0.6 is 11.8 Å². The Hall–Kier alpha value is -3.70. The SMILES string of the molecule is CCOc1ccccc1N(CC(=O)N(Cc1cccc(OC)c1)[C@@H](CC)C(=O)NC)S(=O)(=O)c1ccc(SC)cc1. The van der Waals surface area contributed by atoms with Gasteiger partial charge in [-0.05, 0) is 73.7 Å². The zero-order chi connectivity index (χ0) is 30.0. The average Bonchev–Trinajstić information content (AvgIpc) is 3.00. The zero-order valence-corrected chi connectivity index (χ0v) is 25.6. The lowest BCUT2D eigenvalue weighted by atomic mass is 10.1. The van der Waals surface area contributed by atoms with Crippen molar-refractivity contribution >= 4 is 39.3 Å². The van der Waals surface area contributed by atoms with Gasteiger partial charge in [0.1, 0.15) is 24.1 Å². The average molecular weight is 600 g/mol. The van der Waals surface area contributed by atoms with Crippen molar-refractivity contribution in [1.82, 2.24) is 10.2 Å². The Kier molecular flexibility index (Phi) is 11.5. The Morgan fingerprint density at radius 1 is 1.00 bits per heavy atom. The van der Waals surface area contributed by atoms with Gasteiger partial charge in [0.25, 0.3) is 10.0 Å². The number of nitrogens with zero attached hydrogens (tertiary/aromatic N) is 2. The van der Waals surface area contributed by atoms with E-state index in [1.54, 1.807) is 75.6 Å². The van der Waals surface area contributed by atoms with Gasteiger partial charge in [-0.25, -0.2) is 8.42 Å². The summed E-state index contributed by atoms with van der Waals surface area (Å²) in [5.74, 6) is 0.0376. The second-order valence-corrected chi connectivity index (χ2v) is 11.7. The van der Waals surface area contributed by atoms with Gasteiger partial charge in [0.05, 0.1) is 24.3 Å². The molecule has 0 aliphatic heterocycles. The van der Waals surface area contributed by atoms with Crippen LogP contribution in [0.5, 0.6) is 11.5 Å². The number of hydrogen-bond donors (Lipinski definition) is 1. The van der Waals surface area contributed by atoms with Gasteiger partial charge in [-0.3, -0.25) is 13.9 Å². The third-order valence-corrected chi connectivity index (χ3v) is 9.00. The van der Waals surface area contributed by atoms with Crippen molar-refractivity contribution in [2.45, 2.75) is 42.6 Å². The van der Waals surface area contributed by atoms with Gasteiger partial charge < -0.3 is 19.7 Å². The number of sulfonamides is 1. The molecule has 0 aliphatic carbocycles. The molecule has 9 nitrogen and oxygen atoms in total. The normalized spacial score (nSPS) is 11.8. The monoisotopic (exact) mass is 599 g/mol. The van der Waals surface area contributed by atoms with Crippen LogP contribution in [0, 0.1) is 0 Å². The van der Waals surface area contributed by atoms with Crippen molar-refractivity contribution in [3.8, 4) is 11.5 Å². The maximum atomic E-state index is 14.1. The van der Waals surface area contributed by atoms with E-state index in [4.69, 9.17) is 9.47 Å². The molecule has 220 valence electrons. The van der Waals surface area contributed by atoms with E-state index < -0.39 is 28.5 Å². The molecule has 0 bridgehead atoms. The number of carbonyl (C=O) groups excluding carboxylic acids is 2. The Bertz CT molecular complexity index is 1430. The van der Waals surface area contributed by atoms with Gasteiger partial charge in [-0.2, -0.15) is 0 Å². The second kappa shape index (κ2) is 14.8. The lowest BCUT2D eigenvalue weighted by molar-refractivity contribution is -0.140. The zero-order valence-electron chi connectivity index (χ0n) is 24.0. The molecule has 3 aromatic carbocycles. The maximum Gasteiger partial charge on any atom is 0.264 e. The first kappa shape index (κ1) is 31.8. The number of amides is 2. The van der Waals surface area contributed by atoms with Crippen LogP contribution in [0.2, 0.25) is 0 Å². The highest BCUT2D eigenvalue weighted by atomic mass is 32.2. The fraction of sp³-hybridized carbons (Fsp3) is 0.333. The quantitative estimate of drug-likeness (QED) is 0.271. The Morgan fingerprint density at radius 3 is 2.32 bits per heavy atom. The number of para-hydroxylation sites is 2. The van der Waals surface area contributed by atoms with Gasteiger partial charge >= 0.3 is 0 Å². The summed E-state index contributed by atoms with van der Waals surface area (Å²) in [6.45, 7) is 3.43. The molecule has 1 atom stereocenters. The molecule has 0 unspecified atom stereocenters. The number of thioether (sulfide) groups is 1. The Balaban J connectivity index is 2.11. The van der Waals surface area contributed by atoms with E-state index in [0.29, 0.717) is 24.5 Å². The number of anilines is 1. The maximum absolute atomic E-state index is 14.1. The van der Waals surface area contributed by atoms with E-state index in [2.05, 4.69) is 5.32 Å². The first-order chi connectivity index (χ1) is 19.7. The molecule has 0 spiro atoms. The third-order valence-electron chi connectivity index (χ3n) is 6.48. The number of nitrogens with one attached hydrogen (secondary N) is 1. The van der Waals surface area contributed by atoms with Crippen LogP contribution in [0.15, 0.2) is 82.6 Å². The van der Waals surface area contributed by atoms with Gasteiger partial charge in [-0.15, -0.1) is 11.8 Å². The summed E-state index contributed by atoms with van der Waals surface area (Å²) in [4.78, 5) is 29.4. The van der Waals surface area contributed by atoms with Crippen LogP contribution in [0.1, 0.15) is 25.8 Å². The van der Waals surface area contributed by atoms with Crippen LogP contribution in [0.4, 0.5) is 5.69 Å². The van der Waals surface area contributed by atoms with Crippen LogP contribution < -0.4 is 19.1 Å². The molecular formula is C30H37N3O6S2. The largest absolute Gasteiger partial charge is 0.497 e. The minimum absolute atomic E-state index is 0.0343. The Morgan fingerprint density at radius 2 is 1.71 bits per heavy atom. The van der Waals surface area contributed by atoms with E-state index in [-0.39, 0.29) is 23.0 Å². The van der Waals surface area contributed by atoms with Crippen molar-refractivity contribution in [3.63, 3.8) is 0 Å². The highest BCUT2D eigenvalue weighted by Gasteiger charge is 2.34. The first-order valence-corrected chi connectivity index (χ1v) is 15.9. The molecular weight excluding hydrogens is 562 g/mol. The summed E-state index contributed by atoms with van der Waals surface area (Å²) in [6, 6.07) is 19.5. The highest BCUT2D eigenvalue weighted by Crippen LogP contribution is 2.33. The first-order valence-electron chi connectivity index (χ1n) is 13.2. The number of benzene rings is 3. The predicted octanol–water partition coefficient (Wildman–Crippen LogP) is 4.56. The van der Waals surface area contributed by atoms with Gasteiger partial charge in [0, 0.05) is 18.5 Å². The molecule has 1 N–H and O–H groups in total. The third kappa shape index (κ3) is 7.74. The molecule has 0 aliphatic rings. The standard InChI is InChI=1S/C30H37N3O6S2/c1-6-26(30(35)31-3)32(20-22-11-10-12-23(19-22)38-4)29(34)21-33(27-13-8-9-14-28(27)39-7-2)41(36,37)25-17-15-24(40-5)16-18-25/h8-19,26H,6-7,20-21H2,1-5H3,(H,31,35)/t26-/m0/s1. The molecule has 11 heteroatoms. The fourth-order valence-corrected chi connectivity index (χ4v) is 6.22. The molecule has 3 aromatic rings. The number of rotatable bonds is 14. The van der Waals surface area contributed by atoms with E-state index in [9.17, 15) is 18.0 Å². The minimum Gasteiger partial charge on any atom is -0.497 e. The van der Waals surface area contributed by atoms with E-state index >= 15 is 0 Å². The van der Waals surface area contributed by atoms with Crippen molar-refractivity contribution < 1.29 is 27.5 Å². The lowest BCUT2D eigenvalue weighted by Gasteiger charge is -2.33. The number of ether oxygens (including phenoxy) is 2. The molecule has 0 radical (unpaired) electrons. The van der Waals surface area contributed by atoms with E-state index in [1.165, 1.54) is 35.8 Å². The highest BCUT2D eigenvalue weighted by molar-refractivity contribution is 7.98. The smallest absolute Gasteiger partial charge is 0.264 e. The fourth-order valence-electron chi connectivity index (χ4n) is 4.38. The summed E-state index contributed by atoms with van der Waals surface area (Å²) in [5, 5.41) is 2.63. The van der Waals surface area contributed by atoms with Crippen LogP contribution in [0.25, 0.3) is 0 Å². The summed E-state index contributed by atoms with van der Waals surface area (Å²) in [7, 11) is -1.16. The minimum atomic E-state index is -4.21. The molecule has 3 rings (SSSR count). The molecule has 0 heterocycles. The summed E-state index contributed by atoms with van der Waals surface area (Å²) in [5.41, 5.74) is 0.961. The van der Waals surface area contributed by atoms with Crippen LogP contribution in [0.3, 0.4) is 0 Å². The van der Waals surface area contributed by atoms with Gasteiger partial charge in [0.2, 0.25) is 11.8 Å². The topological polar surface area (TPSA) is 105 Å². The van der Waals surface area contributed by atoms with Crippen LogP contribution in [-0.4, -0.2) is 64.7 Å². The molecule has 41 heavy (non-hydrogen) atoms. The van der Waals surface area contributed by atoms with Crippen molar-refractivity contribution in [1.29, 1.82) is 0 Å². The predicted molar refractivity (Wildman–Crippen MR) is 162 cm³/mol. The van der Waals surface area contributed by atoms with Crippen molar-refractivity contribution in [2.24, 2.45) is 0 Å². The number of hydrogen-bond acceptors (Lipinski definition) is 7.